The summed E-state index contributed by atoms with van der Waals surface area (Å²) in [5.41, 5.74) is 4.48. The second kappa shape index (κ2) is 11.1. The van der Waals surface area contributed by atoms with Gasteiger partial charge in [0, 0.05) is 0 Å². The van der Waals surface area contributed by atoms with Crippen LogP contribution in [0.3, 0.4) is 0 Å². The largest absolute Gasteiger partial charge is 0.493 e. The fraction of sp³-hybridized carbons (Fsp3) is 0.179. The molecule has 8 heteroatoms. The van der Waals surface area contributed by atoms with Crippen molar-refractivity contribution in [1.82, 2.24) is 5.32 Å². The summed E-state index contributed by atoms with van der Waals surface area (Å²) < 4.78 is 12.2. The van der Waals surface area contributed by atoms with Gasteiger partial charge in [0.1, 0.15) is 12.2 Å². The molecule has 1 heterocycles. The van der Waals surface area contributed by atoms with Gasteiger partial charge in [-0.2, -0.15) is 0 Å². The van der Waals surface area contributed by atoms with E-state index in [1.807, 2.05) is 55.5 Å². The molecule has 0 atom stereocenters. The molecule has 1 aliphatic rings. The molecule has 2 amide bonds. The molecule has 1 fully saturated rings. The zero-order valence-corrected chi connectivity index (χ0v) is 22.5. The van der Waals surface area contributed by atoms with Gasteiger partial charge in [-0.05, 0) is 88.5 Å². The summed E-state index contributed by atoms with van der Waals surface area (Å²) >= 11 is 8.84. The topological polar surface area (TPSA) is 67.9 Å². The van der Waals surface area contributed by atoms with Crippen molar-refractivity contribution in [3.8, 4) is 11.5 Å². The molecule has 0 spiro atoms. The van der Waals surface area contributed by atoms with Gasteiger partial charge in [-0.3, -0.25) is 19.8 Å². The van der Waals surface area contributed by atoms with E-state index in [4.69, 9.17) is 21.7 Å². The normalized spacial score (nSPS) is 14.7. The van der Waals surface area contributed by atoms with Crippen molar-refractivity contribution in [3.05, 3.63) is 93.0 Å². The van der Waals surface area contributed by atoms with E-state index < -0.39 is 11.8 Å². The number of methoxy groups -OCH3 is 1. The molecule has 0 aromatic heterocycles. The third kappa shape index (κ3) is 5.50. The number of halogens is 1. The molecule has 3 aromatic rings. The van der Waals surface area contributed by atoms with Crippen molar-refractivity contribution in [3.63, 3.8) is 0 Å². The van der Waals surface area contributed by atoms with Crippen LogP contribution < -0.4 is 19.7 Å². The minimum atomic E-state index is -0.554. The van der Waals surface area contributed by atoms with Crippen molar-refractivity contribution >= 4 is 56.8 Å². The zero-order valence-electron chi connectivity index (χ0n) is 20.1. The van der Waals surface area contributed by atoms with E-state index in [9.17, 15) is 9.59 Å². The molecule has 0 bridgehead atoms. The first-order valence-corrected chi connectivity index (χ1v) is 12.6. The molecule has 184 valence electrons. The number of nitrogens with zero attached hydrogens (tertiary/aromatic N) is 1. The number of anilines is 1. The number of rotatable bonds is 7. The van der Waals surface area contributed by atoms with Gasteiger partial charge in [-0.15, -0.1) is 0 Å². The lowest BCUT2D eigenvalue weighted by atomic mass is 10.1. The number of benzene rings is 3. The molecule has 1 saturated heterocycles. The maximum absolute atomic E-state index is 13.3. The van der Waals surface area contributed by atoms with Gasteiger partial charge in [0.15, 0.2) is 16.6 Å². The molecule has 0 aliphatic carbocycles. The molecule has 6 nitrogen and oxygen atoms in total. The van der Waals surface area contributed by atoms with Crippen molar-refractivity contribution < 1.29 is 19.1 Å². The number of hydrogen-bond acceptors (Lipinski definition) is 5. The summed E-state index contributed by atoms with van der Waals surface area (Å²) in [6.07, 6.45) is 2.39. The van der Waals surface area contributed by atoms with Crippen LogP contribution in [0.25, 0.3) is 6.08 Å². The summed E-state index contributed by atoms with van der Waals surface area (Å²) in [5, 5.41) is 2.66. The first kappa shape index (κ1) is 25.6. The van der Waals surface area contributed by atoms with Crippen LogP contribution in [-0.2, 0) is 22.6 Å². The van der Waals surface area contributed by atoms with E-state index in [1.165, 1.54) is 23.6 Å². The second-order valence-electron chi connectivity index (χ2n) is 8.29. The molecule has 1 aliphatic heterocycles. The fourth-order valence-electron chi connectivity index (χ4n) is 3.74. The van der Waals surface area contributed by atoms with E-state index in [0.29, 0.717) is 33.8 Å². The average molecular weight is 565 g/mol. The number of nitrogens with one attached hydrogen (secondary N) is 1. The summed E-state index contributed by atoms with van der Waals surface area (Å²) in [6.45, 7) is 4.45. The molecule has 3 aromatic carbocycles. The third-order valence-electron chi connectivity index (χ3n) is 5.77. The Hall–Kier alpha value is -3.49. The Morgan fingerprint density at radius 2 is 1.69 bits per heavy atom. The molecular weight excluding hydrogens is 540 g/mol. The lowest BCUT2D eigenvalue weighted by molar-refractivity contribution is -0.122. The Morgan fingerprint density at radius 1 is 1.03 bits per heavy atom. The summed E-state index contributed by atoms with van der Waals surface area (Å²) in [7, 11) is 1.54. The maximum atomic E-state index is 13.3. The highest BCUT2D eigenvalue weighted by molar-refractivity contribution is 9.10. The summed E-state index contributed by atoms with van der Waals surface area (Å²) in [4.78, 5) is 27.4. The molecular formula is C28H25BrN2O4S. The van der Waals surface area contributed by atoms with E-state index in [1.54, 1.807) is 12.1 Å². The number of ether oxygens (including phenoxy) is 2. The average Bonchev–Trinajstić information content (AvgIpc) is 2.87. The predicted molar refractivity (Wildman–Crippen MR) is 148 cm³/mol. The minimum Gasteiger partial charge on any atom is -0.493 e. The molecule has 36 heavy (non-hydrogen) atoms. The number of aryl methyl sites for hydroxylation is 2. The van der Waals surface area contributed by atoms with Gasteiger partial charge in [-0.1, -0.05) is 48.9 Å². The predicted octanol–water partition coefficient (Wildman–Crippen LogP) is 5.74. The fourth-order valence-corrected chi connectivity index (χ4v) is 4.60. The van der Waals surface area contributed by atoms with Gasteiger partial charge in [0.2, 0.25) is 0 Å². The van der Waals surface area contributed by atoms with Crippen molar-refractivity contribution in [2.24, 2.45) is 0 Å². The maximum Gasteiger partial charge on any atom is 0.270 e. The number of carbonyl (C=O) groups excluding carboxylic acids is 2. The van der Waals surface area contributed by atoms with Crippen LogP contribution in [-0.4, -0.2) is 24.0 Å². The van der Waals surface area contributed by atoms with Crippen molar-refractivity contribution in [2.75, 3.05) is 12.0 Å². The number of hydrogen-bond donors (Lipinski definition) is 1. The van der Waals surface area contributed by atoms with Crippen molar-refractivity contribution in [1.29, 1.82) is 0 Å². The smallest absolute Gasteiger partial charge is 0.270 e. The van der Waals surface area contributed by atoms with Crippen LogP contribution in [0, 0.1) is 6.92 Å². The molecule has 1 N–H and O–H groups in total. The summed E-state index contributed by atoms with van der Waals surface area (Å²) in [5.74, 6) is -0.0583. The molecule has 0 unspecified atom stereocenters. The first-order valence-electron chi connectivity index (χ1n) is 11.4. The van der Waals surface area contributed by atoms with E-state index >= 15 is 0 Å². The van der Waals surface area contributed by atoms with Gasteiger partial charge in [-0.25, -0.2) is 0 Å². The third-order valence-corrected chi connectivity index (χ3v) is 6.64. The monoisotopic (exact) mass is 564 g/mol. The molecule has 0 radical (unpaired) electrons. The van der Waals surface area contributed by atoms with Gasteiger partial charge < -0.3 is 9.47 Å². The Kier molecular flexibility index (Phi) is 7.86. The van der Waals surface area contributed by atoms with Crippen LogP contribution >= 0.6 is 28.1 Å². The minimum absolute atomic E-state index is 0.0366. The van der Waals surface area contributed by atoms with Crippen molar-refractivity contribution in [2.45, 2.75) is 26.9 Å². The number of carbonyl (C=O) groups is 2. The SMILES string of the molecule is CCc1ccc(N2C(=O)/C(=C/c3cc(Br)c(OCc4ccc(C)cc4)c(OC)c3)C(=O)NC2=S)cc1. The van der Waals surface area contributed by atoms with E-state index in [0.717, 1.165) is 17.5 Å². The van der Waals surface area contributed by atoms with Gasteiger partial charge in [0.05, 0.1) is 17.3 Å². The first-order chi connectivity index (χ1) is 17.3. The van der Waals surface area contributed by atoms with Crippen LogP contribution in [0.15, 0.2) is 70.7 Å². The number of thiocarbonyl (C=S) groups is 1. The Labute approximate surface area is 224 Å². The highest BCUT2D eigenvalue weighted by Crippen LogP contribution is 2.38. The van der Waals surface area contributed by atoms with Crippen LogP contribution in [0.1, 0.15) is 29.2 Å². The Morgan fingerprint density at radius 3 is 2.33 bits per heavy atom. The number of amides is 2. The lowest BCUT2D eigenvalue weighted by Crippen LogP contribution is -2.54. The Bertz CT molecular complexity index is 1350. The van der Waals surface area contributed by atoms with Gasteiger partial charge in [0.25, 0.3) is 11.8 Å². The molecule has 0 saturated carbocycles. The highest BCUT2D eigenvalue weighted by atomic mass is 79.9. The quantitative estimate of drug-likeness (QED) is 0.225. The van der Waals surface area contributed by atoms with Crippen LogP contribution in [0.2, 0.25) is 0 Å². The lowest BCUT2D eigenvalue weighted by Gasteiger charge is -2.29. The molecule has 4 rings (SSSR count). The van der Waals surface area contributed by atoms with Gasteiger partial charge >= 0.3 is 0 Å². The standard InChI is InChI=1S/C28H25BrN2O4S/c1-4-18-9-11-21(12-10-18)31-27(33)22(26(32)30-28(31)36)13-20-14-23(29)25(24(15-20)34-3)35-16-19-7-5-17(2)6-8-19/h5-15H,4,16H2,1-3H3,(H,30,32,36)/b22-13+. The van der Waals surface area contributed by atoms with Crippen LogP contribution in [0.5, 0.6) is 11.5 Å². The van der Waals surface area contributed by atoms with Crippen LogP contribution in [0.4, 0.5) is 5.69 Å². The Balaban J connectivity index is 1.62. The second-order valence-corrected chi connectivity index (χ2v) is 9.53. The summed E-state index contributed by atoms with van der Waals surface area (Å²) in [6, 6.07) is 19.1. The zero-order chi connectivity index (χ0) is 25.8. The van der Waals surface area contributed by atoms with E-state index in [-0.39, 0.29) is 10.7 Å². The van der Waals surface area contributed by atoms with E-state index in [2.05, 4.69) is 28.2 Å². The highest BCUT2D eigenvalue weighted by Gasteiger charge is 2.34.